The van der Waals surface area contributed by atoms with E-state index in [4.69, 9.17) is 10.5 Å². The number of ether oxygens (including phenoxy) is 1. The van der Waals surface area contributed by atoms with Gasteiger partial charge in [0.1, 0.15) is 0 Å². The van der Waals surface area contributed by atoms with Crippen LogP contribution in [0.4, 0.5) is 0 Å². The van der Waals surface area contributed by atoms with Gasteiger partial charge in [-0.05, 0) is 63.6 Å². The second-order valence-corrected chi connectivity index (χ2v) is 5.88. The van der Waals surface area contributed by atoms with Gasteiger partial charge in [0.25, 0.3) is 0 Å². The van der Waals surface area contributed by atoms with Crippen LogP contribution >= 0.6 is 0 Å². The van der Waals surface area contributed by atoms with Gasteiger partial charge in [-0.2, -0.15) is 0 Å². The molecule has 0 spiro atoms. The number of carbonyl (C=O) groups is 1. The van der Waals surface area contributed by atoms with E-state index in [1.807, 2.05) is 0 Å². The van der Waals surface area contributed by atoms with Crippen LogP contribution in [-0.4, -0.2) is 44.2 Å². The minimum Gasteiger partial charge on any atom is -0.469 e. The fourth-order valence-electron chi connectivity index (χ4n) is 3.39. The van der Waals surface area contributed by atoms with Gasteiger partial charge in [0.15, 0.2) is 0 Å². The molecule has 1 heterocycles. The fourth-order valence-corrected chi connectivity index (χ4v) is 3.39. The smallest absolute Gasteiger partial charge is 0.308 e. The van der Waals surface area contributed by atoms with Gasteiger partial charge in [-0.25, -0.2) is 0 Å². The van der Waals surface area contributed by atoms with Gasteiger partial charge in [-0.3, -0.25) is 4.79 Å². The third-order valence-electron chi connectivity index (χ3n) is 4.63. The lowest BCUT2D eigenvalue weighted by atomic mass is 9.95. The zero-order valence-electron chi connectivity index (χ0n) is 11.4. The number of piperidine rings is 1. The highest BCUT2D eigenvalue weighted by Gasteiger charge is 2.32. The molecule has 2 atom stereocenters. The van der Waals surface area contributed by atoms with Crippen LogP contribution in [0.5, 0.6) is 0 Å². The van der Waals surface area contributed by atoms with E-state index in [0.717, 1.165) is 31.8 Å². The first-order chi connectivity index (χ1) is 8.72. The van der Waals surface area contributed by atoms with Crippen molar-refractivity contribution in [3.05, 3.63) is 0 Å². The summed E-state index contributed by atoms with van der Waals surface area (Å²) in [7, 11) is 1.49. The fraction of sp³-hybridized carbons (Fsp3) is 0.929. The van der Waals surface area contributed by atoms with E-state index in [0.29, 0.717) is 5.92 Å². The zero-order valence-corrected chi connectivity index (χ0v) is 11.4. The number of rotatable bonds is 4. The molecule has 104 valence electrons. The van der Waals surface area contributed by atoms with E-state index in [9.17, 15) is 4.79 Å². The Morgan fingerprint density at radius 1 is 1.22 bits per heavy atom. The number of nitrogens with zero attached hydrogens (tertiary/aromatic N) is 1. The third kappa shape index (κ3) is 3.45. The Morgan fingerprint density at radius 3 is 2.56 bits per heavy atom. The molecule has 1 saturated heterocycles. The van der Waals surface area contributed by atoms with Crippen LogP contribution in [0.3, 0.4) is 0 Å². The van der Waals surface area contributed by atoms with Crippen LogP contribution < -0.4 is 5.73 Å². The lowest BCUT2D eigenvalue weighted by Crippen LogP contribution is -2.38. The van der Waals surface area contributed by atoms with Crippen LogP contribution in [0.2, 0.25) is 0 Å². The maximum atomic E-state index is 11.5. The summed E-state index contributed by atoms with van der Waals surface area (Å²) in [6, 6.07) is 0. The van der Waals surface area contributed by atoms with Crippen LogP contribution in [-0.2, 0) is 9.53 Å². The Balaban J connectivity index is 1.70. The highest BCUT2D eigenvalue weighted by Crippen LogP contribution is 2.32. The average molecular weight is 254 g/mol. The summed E-state index contributed by atoms with van der Waals surface area (Å²) >= 11 is 0. The topological polar surface area (TPSA) is 55.6 Å². The minimum atomic E-state index is -0.0145. The quantitative estimate of drug-likeness (QED) is 0.767. The van der Waals surface area contributed by atoms with Gasteiger partial charge in [-0.15, -0.1) is 0 Å². The zero-order chi connectivity index (χ0) is 13.0. The Labute approximate surface area is 110 Å². The molecule has 0 amide bonds. The molecule has 0 aromatic carbocycles. The standard InChI is InChI=1S/C14H26N2O2/c1-18-14(17)13-3-2-12(8-13)10-16-6-4-11(9-15)5-7-16/h11-13H,2-10,15H2,1H3. The lowest BCUT2D eigenvalue weighted by molar-refractivity contribution is -0.145. The third-order valence-corrected chi connectivity index (χ3v) is 4.63. The summed E-state index contributed by atoms with van der Waals surface area (Å²) in [5.41, 5.74) is 5.71. The van der Waals surface area contributed by atoms with E-state index < -0.39 is 0 Å². The summed E-state index contributed by atoms with van der Waals surface area (Å²) in [5, 5.41) is 0. The first kappa shape index (κ1) is 13.8. The number of nitrogens with two attached hydrogens (primary N) is 1. The second kappa shape index (κ2) is 6.53. The molecule has 0 bridgehead atoms. The first-order valence-electron chi connectivity index (χ1n) is 7.23. The number of esters is 1. The normalized spacial score (nSPS) is 30.6. The highest BCUT2D eigenvalue weighted by atomic mass is 16.5. The summed E-state index contributed by atoms with van der Waals surface area (Å²) < 4.78 is 4.83. The molecule has 2 fully saturated rings. The molecule has 2 unspecified atom stereocenters. The van der Waals surface area contributed by atoms with Crippen molar-refractivity contribution in [3.63, 3.8) is 0 Å². The van der Waals surface area contributed by atoms with E-state index in [1.54, 1.807) is 0 Å². The number of hydrogen-bond donors (Lipinski definition) is 1. The van der Waals surface area contributed by atoms with Gasteiger partial charge >= 0.3 is 5.97 Å². The number of likely N-dealkylation sites (tertiary alicyclic amines) is 1. The molecule has 1 aliphatic carbocycles. The Kier molecular flexibility index (Phi) is 5.01. The van der Waals surface area contributed by atoms with Gasteiger partial charge in [0.05, 0.1) is 13.0 Å². The molecule has 2 aliphatic rings. The van der Waals surface area contributed by atoms with Gasteiger partial charge in [0.2, 0.25) is 0 Å². The van der Waals surface area contributed by atoms with Crippen LogP contribution in [0.25, 0.3) is 0 Å². The number of carbonyl (C=O) groups excluding carboxylic acids is 1. The van der Waals surface area contributed by atoms with Crippen LogP contribution in [0, 0.1) is 17.8 Å². The maximum Gasteiger partial charge on any atom is 0.308 e. The van der Waals surface area contributed by atoms with Crippen molar-refractivity contribution in [1.29, 1.82) is 0 Å². The summed E-state index contributed by atoms with van der Waals surface area (Å²) in [6.07, 6.45) is 5.68. The Hall–Kier alpha value is -0.610. The number of methoxy groups -OCH3 is 1. The van der Waals surface area contributed by atoms with E-state index >= 15 is 0 Å². The largest absolute Gasteiger partial charge is 0.469 e. The SMILES string of the molecule is COC(=O)C1CCC(CN2CCC(CN)CC2)C1. The van der Waals surface area contributed by atoms with Crippen molar-refractivity contribution in [1.82, 2.24) is 4.90 Å². The van der Waals surface area contributed by atoms with E-state index in [1.165, 1.54) is 39.5 Å². The van der Waals surface area contributed by atoms with E-state index in [2.05, 4.69) is 4.90 Å². The van der Waals surface area contributed by atoms with Crippen LogP contribution in [0.1, 0.15) is 32.1 Å². The molecular weight excluding hydrogens is 228 g/mol. The molecule has 18 heavy (non-hydrogen) atoms. The van der Waals surface area contributed by atoms with Gasteiger partial charge < -0.3 is 15.4 Å². The van der Waals surface area contributed by atoms with Crippen molar-refractivity contribution >= 4 is 5.97 Å². The van der Waals surface area contributed by atoms with Gasteiger partial charge in [0, 0.05) is 6.54 Å². The van der Waals surface area contributed by atoms with Gasteiger partial charge in [-0.1, -0.05) is 0 Å². The van der Waals surface area contributed by atoms with Crippen molar-refractivity contribution < 1.29 is 9.53 Å². The minimum absolute atomic E-state index is 0.0145. The molecule has 0 radical (unpaired) electrons. The molecule has 1 aliphatic heterocycles. The predicted molar refractivity (Wildman–Crippen MR) is 71.1 cm³/mol. The Morgan fingerprint density at radius 2 is 1.94 bits per heavy atom. The monoisotopic (exact) mass is 254 g/mol. The average Bonchev–Trinajstić information content (AvgIpc) is 2.87. The molecule has 4 nitrogen and oxygen atoms in total. The predicted octanol–water partition coefficient (Wildman–Crippen LogP) is 1.25. The van der Waals surface area contributed by atoms with Crippen molar-refractivity contribution in [2.24, 2.45) is 23.5 Å². The Bertz CT molecular complexity index is 275. The molecular formula is C14H26N2O2. The second-order valence-electron chi connectivity index (χ2n) is 5.88. The highest BCUT2D eigenvalue weighted by molar-refractivity contribution is 5.72. The number of hydrogen-bond acceptors (Lipinski definition) is 4. The maximum absolute atomic E-state index is 11.5. The van der Waals surface area contributed by atoms with E-state index in [-0.39, 0.29) is 11.9 Å². The van der Waals surface area contributed by atoms with Crippen molar-refractivity contribution in [3.8, 4) is 0 Å². The molecule has 1 saturated carbocycles. The summed E-state index contributed by atoms with van der Waals surface area (Å²) in [5.74, 6) is 1.55. The molecule has 4 heteroatoms. The molecule has 0 aromatic heterocycles. The molecule has 2 N–H and O–H groups in total. The summed E-state index contributed by atoms with van der Waals surface area (Å²) in [4.78, 5) is 14.0. The summed E-state index contributed by atoms with van der Waals surface area (Å²) in [6.45, 7) is 4.36. The van der Waals surface area contributed by atoms with Crippen molar-refractivity contribution in [2.45, 2.75) is 32.1 Å². The first-order valence-corrected chi connectivity index (χ1v) is 7.23. The lowest BCUT2D eigenvalue weighted by Gasteiger charge is -2.33. The van der Waals surface area contributed by atoms with Crippen LogP contribution in [0.15, 0.2) is 0 Å². The van der Waals surface area contributed by atoms with Crippen molar-refractivity contribution in [2.75, 3.05) is 33.3 Å². The molecule has 0 aromatic rings. The molecule has 2 rings (SSSR count).